The number of ether oxygens (including phenoxy) is 1. The first-order chi connectivity index (χ1) is 6.34. The normalized spacial score (nSPS) is 8.69. The molecule has 0 unspecified atom stereocenters. The molecular weight excluding hydrogens is 162 g/mol. The molecule has 0 atom stereocenters. The summed E-state index contributed by atoms with van der Waals surface area (Å²) in [4.78, 5) is 0. The van der Waals surface area contributed by atoms with Gasteiger partial charge >= 0.3 is 0 Å². The van der Waals surface area contributed by atoms with Crippen LogP contribution in [0.1, 0.15) is 13.3 Å². The first-order valence-electron chi connectivity index (χ1n) is 4.27. The first kappa shape index (κ1) is 9.47. The third-order valence-corrected chi connectivity index (χ3v) is 1.52. The highest BCUT2D eigenvalue weighted by molar-refractivity contribution is 5.51. The highest BCUT2D eigenvalue weighted by Gasteiger charge is 1.95. The van der Waals surface area contributed by atoms with Gasteiger partial charge in [-0.2, -0.15) is 0 Å². The van der Waals surface area contributed by atoms with Gasteiger partial charge in [-0.1, -0.05) is 25.0 Å². The number of benzene rings is 1. The van der Waals surface area contributed by atoms with Crippen LogP contribution in [0.5, 0.6) is 5.75 Å². The van der Waals surface area contributed by atoms with Gasteiger partial charge in [-0.05, 0) is 12.1 Å². The summed E-state index contributed by atoms with van der Waals surface area (Å²) in [6, 6.07) is 7.41. The van der Waals surface area contributed by atoms with Crippen LogP contribution in [0.15, 0.2) is 24.3 Å². The van der Waals surface area contributed by atoms with E-state index in [9.17, 15) is 0 Å². The second-order valence-corrected chi connectivity index (χ2v) is 2.53. The summed E-state index contributed by atoms with van der Waals surface area (Å²) in [5.74, 6) is 6.51. The molecule has 0 spiro atoms. The van der Waals surface area contributed by atoms with Crippen LogP contribution < -0.4 is 10.5 Å². The number of rotatable bonds is 2. The van der Waals surface area contributed by atoms with Crippen molar-refractivity contribution < 1.29 is 4.74 Å². The Bertz CT molecular complexity index is 322. The molecule has 68 valence electrons. The first-order valence-corrected chi connectivity index (χ1v) is 4.27. The van der Waals surface area contributed by atoms with Crippen LogP contribution in [0.25, 0.3) is 0 Å². The molecular formula is C11H13NO. The molecule has 0 bridgehead atoms. The fourth-order valence-corrected chi connectivity index (χ4v) is 0.902. The van der Waals surface area contributed by atoms with E-state index in [0.717, 1.165) is 6.42 Å². The van der Waals surface area contributed by atoms with Gasteiger partial charge in [-0.25, -0.2) is 0 Å². The predicted octanol–water partition coefficient (Wildman–Crippen LogP) is 2.06. The number of anilines is 1. The maximum absolute atomic E-state index is 5.66. The van der Waals surface area contributed by atoms with Crippen molar-refractivity contribution in [2.75, 3.05) is 12.3 Å². The maximum Gasteiger partial charge on any atom is 0.149 e. The molecule has 2 N–H and O–H groups in total. The Morgan fingerprint density at radius 1 is 1.31 bits per heavy atom. The summed E-state index contributed by atoms with van der Waals surface area (Å²) < 4.78 is 5.34. The molecule has 0 saturated heterocycles. The molecule has 0 amide bonds. The number of nitrogens with two attached hydrogens (primary N) is 1. The fraction of sp³-hybridized carbons (Fsp3) is 0.273. The van der Waals surface area contributed by atoms with Crippen LogP contribution in [0.2, 0.25) is 0 Å². The second-order valence-electron chi connectivity index (χ2n) is 2.53. The molecule has 0 aliphatic rings. The van der Waals surface area contributed by atoms with Crippen molar-refractivity contribution >= 4 is 5.69 Å². The topological polar surface area (TPSA) is 35.2 Å². The van der Waals surface area contributed by atoms with E-state index in [4.69, 9.17) is 10.5 Å². The van der Waals surface area contributed by atoms with Gasteiger partial charge in [0.05, 0.1) is 5.69 Å². The van der Waals surface area contributed by atoms with Crippen LogP contribution in [-0.2, 0) is 0 Å². The molecule has 0 radical (unpaired) electrons. The number of hydrogen-bond acceptors (Lipinski definition) is 2. The molecule has 13 heavy (non-hydrogen) atoms. The minimum atomic E-state index is 0.405. The van der Waals surface area contributed by atoms with Crippen LogP contribution in [0, 0.1) is 11.8 Å². The Labute approximate surface area is 78.7 Å². The van der Waals surface area contributed by atoms with Gasteiger partial charge in [-0.3, -0.25) is 0 Å². The molecule has 0 aliphatic carbocycles. The van der Waals surface area contributed by atoms with E-state index in [1.165, 1.54) is 0 Å². The third kappa shape index (κ3) is 3.08. The van der Waals surface area contributed by atoms with Crippen molar-refractivity contribution in [2.24, 2.45) is 0 Å². The lowest BCUT2D eigenvalue weighted by Gasteiger charge is -2.03. The summed E-state index contributed by atoms with van der Waals surface area (Å²) in [7, 11) is 0. The van der Waals surface area contributed by atoms with Crippen molar-refractivity contribution in [2.45, 2.75) is 13.3 Å². The summed E-state index contributed by atoms with van der Waals surface area (Å²) in [6.07, 6.45) is 0.855. The molecule has 2 heteroatoms. The largest absolute Gasteiger partial charge is 0.479 e. The predicted molar refractivity (Wildman–Crippen MR) is 54.4 cm³/mol. The lowest BCUT2D eigenvalue weighted by molar-refractivity contribution is 0.372. The lowest BCUT2D eigenvalue weighted by Crippen LogP contribution is -1.97. The second kappa shape index (κ2) is 5.10. The maximum atomic E-state index is 5.66. The summed E-state index contributed by atoms with van der Waals surface area (Å²) in [5, 5.41) is 0. The van der Waals surface area contributed by atoms with Gasteiger partial charge in [0.25, 0.3) is 0 Å². The van der Waals surface area contributed by atoms with Gasteiger partial charge in [0.1, 0.15) is 12.4 Å². The molecule has 1 rings (SSSR count). The quantitative estimate of drug-likeness (QED) is 0.551. The molecule has 1 aromatic carbocycles. The number of hydrogen-bond donors (Lipinski definition) is 1. The smallest absolute Gasteiger partial charge is 0.149 e. The third-order valence-electron chi connectivity index (χ3n) is 1.52. The Morgan fingerprint density at radius 2 is 2.08 bits per heavy atom. The monoisotopic (exact) mass is 175 g/mol. The van der Waals surface area contributed by atoms with Crippen molar-refractivity contribution in [1.29, 1.82) is 0 Å². The average Bonchev–Trinajstić information content (AvgIpc) is 2.15. The Hall–Kier alpha value is -1.62. The van der Waals surface area contributed by atoms with Gasteiger partial charge in [0, 0.05) is 6.42 Å². The summed E-state index contributed by atoms with van der Waals surface area (Å²) >= 11 is 0. The number of para-hydroxylation sites is 2. The van der Waals surface area contributed by atoms with Gasteiger partial charge in [0.2, 0.25) is 0 Å². The zero-order valence-electron chi connectivity index (χ0n) is 7.71. The van der Waals surface area contributed by atoms with E-state index in [0.29, 0.717) is 18.0 Å². The minimum absolute atomic E-state index is 0.405. The van der Waals surface area contributed by atoms with Crippen LogP contribution in [0.3, 0.4) is 0 Å². The van der Waals surface area contributed by atoms with E-state index in [-0.39, 0.29) is 0 Å². The molecule has 0 fully saturated rings. The summed E-state index contributed by atoms with van der Waals surface area (Å²) in [5.41, 5.74) is 6.32. The molecule has 0 saturated carbocycles. The van der Waals surface area contributed by atoms with E-state index in [1.807, 2.05) is 31.2 Å². The van der Waals surface area contributed by atoms with E-state index < -0.39 is 0 Å². The van der Waals surface area contributed by atoms with Gasteiger partial charge < -0.3 is 10.5 Å². The Morgan fingerprint density at radius 3 is 2.77 bits per heavy atom. The van der Waals surface area contributed by atoms with Crippen molar-refractivity contribution in [3.8, 4) is 17.6 Å². The molecule has 1 aromatic rings. The van der Waals surface area contributed by atoms with Gasteiger partial charge in [-0.15, -0.1) is 5.92 Å². The van der Waals surface area contributed by atoms with Crippen molar-refractivity contribution in [1.82, 2.24) is 0 Å². The highest BCUT2D eigenvalue weighted by atomic mass is 16.5. The van der Waals surface area contributed by atoms with Crippen LogP contribution >= 0.6 is 0 Å². The van der Waals surface area contributed by atoms with E-state index in [2.05, 4.69) is 11.8 Å². The fourth-order valence-electron chi connectivity index (χ4n) is 0.902. The average molecular weight is 175 g/mol. The SMILES string of the molecule is CCC#CCOc1ccccc1N. The van der Waals surface area contributed by atoms with Crippen LogP contribution in [-0.4, -0.2) is 6.61 Å². The molecule has 0 aliphatic heterocycles. The minimum Gasteiger partial charge on any atom is -0.479 e. The number of nitrogen functional groups attached to an aromatic ring is 1. The van der Waals surface area contributed by atoms with E-state index >= 15 is 0 Å². The van der Waals surface area contributed by atoms with Gasteiger partial charge in [0.15, 0.2) is 0 Å². The lowest BCUT2D eigenvalue weighted by atomic mass is 10.3. The molecule has 0 aromatic heterocycles. The Kier molecular flexibility index (Phi) is 3.72. The molecule has 2 nitrogen and oxygen atoms in total. The van der Waals surface area contributed by atoms with E-state index in [1.54, 1.807) is 0 Å². The zero-order valence-corrected chi connectivity index (χ0v) is 7.71. The van der Waals surface area contributed by atoms with Crippen molar-refractivity contribution in [3.63, 3.8) is 0 Å². The summed E-state index contributed by atoms with van der Waals surface area (Å²) in [6.45, 7) is 2.41. The highest BCUT2D eigenvalue weighted by Crippen LogP contribution is 2.19. The standard InChI is InChI=1S/C11H13NO/c1-2-3-6-9-13-11-8-5-4-7-10(11)12/h4-5,7-8H,2,9,12H2,1H3. The Balaban J connectivity index is 2.50. The zero-order chi connectivity index (χ0) is 9.52. The van der Waals surface area contributed by atoms with Crippen molar-refractivity contribution in [3.05, 3.63) is 24.3 Å². The van der Waals surface area contributed by atoms with Crippen LogP contribution in [0.4, 0.5) is 5.69 Å². The molecule has 0 heterocycles.